The van der Waals surface area contributed by atoms with Crippen molar-refractivity contribution in [2.75, 3.05) is 11.3 Å². The molecule has 1 amide bonds. The highest BCUT2D eigenvalue weighted by Crippen LogP contribution is 2.35. The smallest absolute Gasteiger partial charge is 0.264 e. The zero-order chi connectivity index (χ0) is 27.3. The van der Waals surface area contributed by atoms with E-state index in [0.717, 1.165) is 34.9 Å². The molecule has 0 unspecified atom stereocenters. The minimum absolute atomic E-state index is 0.0442. The predicted octanol–water partition coefficient (Wildman–Crippen LogP) is 6.00. The number of aromatic nitrogens is 3. The number of halogens is 3. The first-order valence-electron chi connectivity index (χ1n) is 11.9. The van der Waals surface area contributed by atoms with Crippen molar-refractivity contribution < 1.29 is 17.6 Å². The van der Waals surface area contributed by atoms with Crippen molar-refractivity contribution in [2.24, 2.45) is 0 Å². The molecule has 198 valence electrons. The first-order chi connectivity index (χ1) is 18.7. The Morgan fingerprint density at radius 1 is 1.05 bits per heavy atom. The quantitative estimate of drug-likeness (QED) is 0.235. The molecule has 3 aromatic carbocycles. The van der Waals surface area contributed by atoms with Crippen LogP contribution in [0.4, 0.5) is 10.1 Å². The van der Waals surface area contributed by atoms with E-state index in [2.05, 4.69) is 19.7 Å². The van der Waals surface area contributed by atoms with E-state index in [4.69, 9.17) is 23.2 Å². The maximum absolute atomic E-state index is 15.1. The summed E-state index contributed by atoms with van der Waals surface area (Å²) < 4.78 is 43.6. The van der Waals surface area contributed by atoms with E-state index in [1.54, 1.807) is 4.90 Å². The Bertz CT molecular complexity index is 1850. The zero-order valence-electron chi connectivity index (χ0n) is 20.1. The molecule has 0 fully saturated rings. The van der Waals surface area contributed by atoms with Gasteiger partial charge in [-0.05, 0) is 30.3 Å². The number of aromatic amines is 2. The molecule has 3 N–H and O–H groups in total. The van der Waals surface area contributed by atoms with Crippen molar-refractivity contribution in [3.63, 3.8) is 0 Å². The molecule has 8 nitrogen and oxygen atoms in total. The molecule has 1 aliphatic rings. The zero-order valence-corrected chi connectivity index (χ0v) is 22.5. The van der Waals surface area contributed by atoms with E-state index >= 15 is 4.39 Å². The second-order valence-corrected chi connectivity index (χ2v) is 11.6. The summed E-state index contributed by atoms with van der Waals surface area (Å²) in [7, 11) is -4.34. The normalized spacial score (nSPS) is 13.5. The third kappa shape index (κ3) is 4.64. The lowest BCUT2D eigenvalue weighted by Crippen LogP contribution is -2.36. The van der Waals surface area contributed by atoms with Gasteiger partial charge in [0.2, 0.25) is 0 Å². The van der Waals surface area contributed by atoms with Crippen LogP contribution in [-0.2, 0) is 23.0 Å². The lowest BCUT2D eigenvalue weighted by Gasteiger charge is -2.26. The highest BCUT2D eigenvalue weighted by molar-refractivity contribution is 7.92. The van der Waals surface area contributed by atoms with E-state index in [-0.39, 0.29) is 17.8 Å². The molecule has 0 aliphatic carbocycles. The highest BCUT2D eigenvalue weighted by Gasteiger charge is 2.27. The van der Waals surface area contributed by atoms with Gasteiger partial charge in [0, 0.05) is 35.7 Å². The highest BCUT2D eigenvalue weighted by atomic mass is 35.5. The standard InChI is InChI=1S/C27H20Cl2FN5O3S/c28-17-7-8-21(25-24(17)18(29)13-31-25)34-39(37,38)23-9-6-16(12-19(23)30)27(36)35-11-10-20-22(14-35)33-26(32-20)15-4-2-1-3-5-15/h1-9,12-13,31,34H,10-11,14H2,(H,32,33). The Morgan fingerprint density at radius 3 is 2.62 bits per heavy atom. The number of amides is 1. The van der Waals surface area contributed by atoms with Gasteiger partial charge >= 0.3 is 0 Å². The van der Waals surface area contributed by atoms with Crippen LogP contribution in [0.3, 0.4) is 0 Å². The van der Waals surface area contributed by atoms with Crippen LogP contribution in [0.1, 0.15) is 21.7 Å². The summed E-state index contributed by atoms with van der Waals surface area (Å²) in [5.74, 6) is -0.732. The van der Waals surface area contributed by atoms with Crippen molar-refractivity contribution in [1.82, 2.24) is 19.9 Å². The Labute approximate surface area is 232 Å². The van der Waals surface area contributed by atoms with Gasteiger partial charge in [-0.1, -0.05) is 53.5 Å². The van der Waals surface area contributed by atoms with E-state index < -0.39 is 26.6 Å². The number of fused-ring (bicyclic) bond motifs is 2. The van der Waals surface area contributed by atoms with E-state index in [1.165, 1.54) is 24.4 Å². The van der Waals surface area contributed by atoms with Crippen LogP contribution < -0.4 is 4.72 Å². The molecule has 0 radical (unpaired) electrons. The summed E-state index contributed by atoms with van der Waals surface area (Å²) in [6.07, 6.45) is 2.02. The van der Waals surface area contributed by atoms with Gasteiger partial charge in [0.05, 0.1) is 39.2 Å². The number of sulfonamides is 1. The maximum Gasteiger partial charge on any atom is 0.264 e. The van der Waals surface area contributed by atoms with Gasteiger partial charge in [-0.2, -0.15) is 0 Å². The molecule has 1 aliphatic heterocycles. The van der Waals surface area contributed by atoms with E-state index in [1.807, 2.05) is 30.3 Å². The van der Waals surface area contributed by atoms with Gasteiger partial charge in [0.1, 0.15) is 16.5 Å². The predicted molar refractivity (Wildman–Crippen MR) is 148 cm³/mol. The average molecular weight is 584 g/mol. The van der Waals surface area contributed by atoms with Gasteiger partial charge in [-0.15, -0.1) is 0 Å². The Balaban J connectivity index is 1.22. The van der Waals surface area contributed by atoms with Gasteiger partial charge in [0.25, 0.3) is 15.9 Å². The number of hydrogen-bond acceptors (Lipinski definition) is 4. The van der Waals surface area contributed by atoms with Gasteiger partial charge in [0.15, 0.2) is 0 Å². The molecule has 39 heavy (non-hydrogen) atoms. The SMILES string of the molecule is O=C(c1ccc(S(=O)(=O)Nc2ccc(Cl)c3c(Cl)c[nH]c23)c(F)c1)N1CCc2nc(-c3ccccc3)[nH]c2C1. The molecule has 5 aromatic rings. The topological polar surface area (TPSA) is 111 Å². The molecule has 0 bridgehead atoms. The van der Waals surface area contributed by atoms with Crippen LogP contribution in [0.15, 0.2) is 71.8 Å². The number of rotatable bonds is 5. The van der Waals surface area contributed by atoms with E-state index in [9.17, 15) is 13.2 Å². The minimum atomic E-state index is -4.34. The van der Waals surface area contributed by atoms with Crippen molar-refractivity contribution in [3.8, 4) is 11.4 Å². The number of anilines is 1. The summed E-state index contributed by atoms with van der Waals surface area (Å²) >= 11 is 12.3. The summed E-state index contributed by atoms with van der Waals surface area (Å²) in [4.78, 5) is 25.0. The number of imidazole rings is 1. The summed E-state index contributed by atoms with van der Waals surface area (Å²) in [6, 6.07) is 15.9. The molecule has 0 saturated heterocycles. The number of nitrogens with zero attached hydrogens (tertiary/aromatic N) is 2. The summed E-state index contributed by atoms with van der Waals surface area (Å²) in [5, 5.41) is 1.10. The molecule has 0 atom stereocenters. The van der Waals surface area contributed by atoms with E-state index in [0.29, 0.717) is 33.9 Å². The minimum Gasteiger partial charge on any atom is -0.358 e. The third-order valence-corrected chi connectivity index (χ3v) is 8.63. The summed E-state index contributed by atoms with van der Waals surface area (Å²) in [5.41, 5.74) is 3.20. The second kappa shape index (κ2) is 9.71. The molecular formula is C27H20Cl2FN5O3S. The fourth-order valence-electron chi connectivity index (χ4n) is 4.69. The van der Waals surface area contributed by atoms with Crippen LogP contribution in [0.2, 0.25) is 10.0 Å². The van der Waals surface area contributed by atoms with Gasteiger partial charge < -0.3 is 14.9 Å². The number of benzene rings is 3. The van der Waals surface area contributed by atoms with Gasteiger partial charge in [-0.25, -0.2) is 17.8 Å². The van der Waals surface area contributed by atoms with Crippen molar-refractivity contribution >= 4 is 55.7 Å². The Morgan fingerprint density at radius 2 is 1.85 bits per heavy atom. The molecule has 2 aromatic heterocycles. The maximum atomic E-state index is 15.1. The number of hydrogen-bond donors (Lipinski definition) is 3. The number of carbonyl (C=O) groups excluding carboxylic acids is 1. The van der Waals surface area contributed by atoms with Crippen LogP contribution in [-0.4, -0.2) is 40.7 Å². The molecular weight excluding hydrogens is 564 g/mol. The van der Waals surface area contributed by atoms with Crippen molar-refractivity contribution in [1.29, 1.82) is 0 Å². The monoisotopic (exact) mass is 583 g/mol. The van der Waals surface area contributed by atoms with Crippen LogP contribution >= 0.6 is 23.2 Å². The fourth-order valence-corrected chi connectivity index (χ4v) is 6.38. The number of carbonyl (C=O) groups is 1. The fraction of sp³-hybridized carbons (Fsp3) is 0.111. The Kier molecular flexibility index (Phi) is 6.33. The molecule has 12 heteroatoms. The van der Waals surface area contributed by atoms with Crippen molar-refractivity contribution in [3.05, 3.63) is 99.7 Å². The first-order valence-corrected chi connectivity index (χ1v) is 14.1. The third-order valence-electron chi connectivity index (χ3n) is 6.62. The molecule has 3 heterocycles. The molecule has 0 saturated carbocycles. The van der Waals surface area contributed by atoms with Crippen LogP contribution in [0.25, 0.3) is 22.3 Å². The number of nitrogens with one attached hydrogen (secondary N) is 3. The van der Waals surface area contributed by atoms with Crippen LogP contribution in [0, 0.1) is 5.82 Å². The first kappa shape index (κ1) is 25.4. The van der Waals surface area contributed by atoms with Gasteiger partial charge in [-0.3, -0.25) is 9.52 Å². The lowest BCUT2D eigenvalue weighted by molar-refractivity contribution is 0.0731. The lowest BCUT2D eigenvalue weighted by atomic mass is 10.1. The Hall–Kier alpha value is -3.86. The van der Waals surface area contributed by atoms with Crippen molar-refractivity contribution in [2.45, 2.75) is 17.9 Å². The number of H-pyrrole nitrogens is 2. The average Bonchev–Trinajstić information content (AvgIpc) is 3.54. The second-order valence-electron chi connectivity index (χ2n) is 9.09. The molecule has 0 spiro atoms. The largest absolute Gasteiger partial charge is 0.358 e. The summed E-state index contributed by atoms with van der Waals surface area (Å²) in [6.45, 7) is 0.682. The molecule has 6 rings (SSSR count). The van der Waals surface area contributed by atoms with Crippen LogP contribution in [0.5, 0.6) is 0 Å².